The van der Waals surface area contributed by atoms with Crippen molar-refractivity contribution in [2.24, 2.45) is 0 Å². The van der Waals surface area contributed by atoms with Crippen molar-refractivity contribution >= 4 is 29.5 Å². The maximum atomic E-state index is 12.0. The number of nitrogens with one attached hydrogen (secondary N) is 1. The van der Waals surface area contributed by atoms with E-state index in [0.29, 0.717) is 44.8 Å². The Morgan fingerprint density at radius 3 is 2.31 bits per heavy atom. The highest BCUT2D eigenvalue weighted by Crippen LogP contribution is 2.09. The maximum Gasteiger partial charge on any atom is 0.323 e. The van der Waals surface area contributed by atoms with Gasteiger partial charge in [0.15, 0.2) is 0 Å². The number of unbranched alkanes of at least 4 members (excludes halogenated alkanes) is 2. The van der Waals surface area contributed by atoms with Gasteiger partial charge in [-0.25, -0.2) is 0 Å². The number of ether oxygens (including phenoxy) is 2. The lowest BCUT2D eigenvalue weighted by Gasteiger charge is -2.16. The van der Waals surface area contributed by atoms with Crippen LogP contribution in [0, 0.1) is 0 Å². The van der Waals surface area contributed by atoms with Gasteiger partial charge in [0.2, 0.25) is 0 Å². The van der Waals surface area contributed by atoms with E-state index in [0.717, 1.165) is 31.4 Å². The van der Waals surface area contributed by atoms with Crippen LogP contribution in [0.4, 0.5) is 0 Å². The summed E-state index contributed by atoms with van der Waals surface area (Å²) in [6, 6.07) is -0.425. The Kier molecular flexibility index (Phi) is 16.6. The predicted octanol–water partition coefficient (Wildman–Crippen LogP) is 3.12. The van der Waals surface area contributed by atoms with Gasteiger partial charge in [-0.05, 0) is 32.4 Å². The van der Waals surface area contributed by atoms with Gasteiger partial charge in [-0.15, -0.1) is 0 Å². The zero-order chi connectivity index (χ0) is 19.6. The number of hydrogen-bond acceptors (Lipinski definition) is 7. The first-order chi connectivity index (χ1) is 12.5. The molecule has 0 aliphatic heterocycles. The number of ketones is 1. The Bertz CT molecular complexity index is 403. The molecule has 0 aromatic carbocycles. The number of hydrogen-bond donors (Lipinski definition) is 1. The van der Waals surface area contributed by atoms with E-state index < -0.39 is 6.04 Å². The second-order valence-electron chi connectivity index (χ2n) is 5.99. The van der Waals surface area contributed by atoms with Crippen LogP contribution in [-0.2, 0) is 23.9 Å². The molecule has 0 aromatic heterocycles. The molecule has 1 unspecified atom stereocenters. The van der Waals surface area contributed by atoms with Crippen LogP contribution >= 0.6 is 11.8 Å². The summed E-state index contributed by atoms with van der Waals surface area (Å²) in [5.41, 5.74) is 0. The van der Waals surface area contributed by atoms with E-state index in [1.807, 2.05) is 0 Å². The Morgan fingerprint density at radius 2 is 1.65 bits per heavy atom. The van der Waals surface area contributed by atoms with Gasteiger partial charge in [0.05, 0.1) is 13.2 Å². The zero-order valence-corrected chi connectivity index (χ0v) is 17.3. The molecule has 0 aliphatic carbocycles. The van der Waals surface area contributed by atoms with E-state index >= 15 is 0 Å². The summed E-state index contributed by atoms with van der Waals surface area (Å²) in [6.07, 6.45) is 5.28. The van der Waals surface area contributed by atoms with E-state index in [-0.39, 0.29) is 17.7 Å². The number of thioether (sulfide) groups is 1. The fourth-order valence-corrected chi connectivity index (χ4v) is 3.29. The van der Waals surface area contributed by atoms with Crippen molar-refractivity contribution < 1.29 is 23.9 Å². The van der Waals surface area contributed by atoms with Gasteiger partial charge in [-0.2, -0.15) is 11.8 Å². The summed E-state index contributed by atoms with van der Waals surface area (Å²) < 4.78 is 9.98. The summed E-state index contributed by atoms with van der Waals surface area (Å²) in [4.78, 5) is 35.1. The third-order valence-corrected chi connectivity index (χ3v) is 4.83. The summed E-state index contributed by atoms with van der Waals surface area (Å²) in [5.74, 6) is 1.09. The molecule has 0 bridgehead atoms. The predicted molar refractivity (Wildman–Crippen MR) is 105 cm³/mol. The van der Waals surface area contributed by atoms with Gasteiger partial charge in [0.1, 0.15) is 11.8 Å². The molecule has 1 atom stereocenters. The van der Waals surface area contributed by atoms with Gasteiger partial charge in [0.25, 0.3) is 0 Å². The van der Waals surface area contributed by atoms with Crippen LogP contribution in [0.15, 0.2) is 0 Å². The summed E-state index contributed by atoms with van der Waals surface area (Å²) in [7, 11) is 0. The van der Waals surface area contributed by atoms with Crippen molar-refractivity contribution in [1.29, 1.82) is 0 Å². The van der Waals surface area contributed by atoms with Gasteiger partial charge < -0.3 is 14.8 Å². The highest BCUT2D eigenvalue weighted by molar-refractivity contribution is 7.99. The van der Waals surface area contributed by atoms with Crippen LogP contribution in [0.1, 0.15) is 65.7 Å². The molecule has 152 valence electrons. The molecule has 1 N–H and O–H groups in total. The lowest BCUT2D eigenvalue weighted by Crippen LogP contribution is -2.41. The fraction of sp³-hybridized carbons (Fsp3) is 0.842. The lowest BCUT2D eigenvalue weighted by atomic mass is 10.1. The van der Waals surface area contributed by atoms with Crippen molar-refractivity contribution in [2.45, 2.75) is 71.8 Å². The molecule has 0 saturated heterocycles. The summed E-state index contributed by atoms with van der Waals surface area (Å²) >= 11 is 1.60. The van der Waals surface area contributed by atoms with Gasteiger partial charge in [0, 0.05) is 31.6 Å². The van der Waals surface area contributed by atoms with Gasteiger partial charge in [-0.1, -0.05) is 19.8 Å². The Balaban J connectivity index is 4.07. The van der Waals surface area contributed by atoms with E-state index in [4.69, 9.17) is 9.47 Å². The van der Waals surface area contributed by atoms with E-state index in [2.05, 4.69) is 12.2 Å². The normalized spacial score (nSPS) is 11.8. The molecule has 6 nitrogen and oxygen atoms in total. The number of carbonyl (C=O) groups is 3. The molecule has 0 aromatic rings. The van der Waals surface area contributed by atoms with Gasteiger partial charge >= 0.3 is 11.9 Å². The first kappa shape index (κ1) is 24.9. The maximum absolute atomic E-state index is 12.0. The smallest absolute Gasteiger partial charge is 0.323 e. The van der Waals surface area contributed by atoms with Crippen LogP contribution in [0.2, 0.25) is 0 Å². The molecule has 0 saturated carbocycles. The molecule has 26 heavy (non-hydrogen) atoms. The molecule has 0 spiro atoms. The third kappa shape index (κ3) is 14.1. The fourth-order valence-electron chi connectivity index (χ4n) is 2.29. The molecule has 0 radical (unpaired) electrons. The van der Waals surface area contributed by atoms with Crippen molar-refractivity contribution in [1.82, 2.24) is 5.32 Å². The van der Waals surface area contributed by atoms with Crippen LogP contribution in [0.5, 0.6) is 0 Å². The monoisotopic (exact) mass is 389 g/mol. The van der Waals surface area contributed by atoms with Crippen LogP contribution in [0.25, 0.3) is 0 Å². The minimum atomic E-state index is -0.425. The van der Waals surface area contributed by atoms with E-state index in [1.54, 1.807) is 25.6 Å². The standard InChI is InChI=1S/C19H35NO5S/c1-4-7-8-10-16(21)12-13-20-17(19(23)25-6-3)15-26-14-9-11-18(22)24-5-2/h17,20H,4-15H2,1-3H3. The second-order valence-corrected chi connectivity index (χ2v) is 7.14. The average Bonchev–Trinajstić information content (AvgIpc) is 2.60. The lowest BCUT2D eigenvalue weighted by molar-refractivity contribution is -0.145. The van der Waals surface area contributed by atoms with Crippen molar-refractivity contribution in [3.8, 4) is 0 Å². The molecular formula is C19H35NO5S. The minimum absolute atomic E-state index is 0.185. The highest BCUT2D eigenvalue weighted by Gasteiger charge is 2.19. The van der Waals surface area contributed by atoms with Crippen molar-refractivity contribution in [3.63, 3.8) is 0 Å². The van der Waals surface area contributed by atoms with Gasteiger partial charge in [-0.3, -0.25) is 14.4 Å². The Hall–Kier alpha value is -1.08. The molecule has 0 fully saturated rings. The average molecular weight is 390 g/mol. The minimum Gasteiger partial charge on any atom is -0.466 e. The van der Waals surface area contributed by atoms with Crippen LogP contribution in [0.3, 0.4) is 0 Å². The molecule has 0 rings (SSSR count). The van der Waals surface area contributed by atoms with Crippen LogP contribution < -0.4 is 5.32 Å². The quantitative estimate of drug-likeness (QED) is 0.302. The van der Waals surface area contributed by atoms with E-state index in [9.17, 15) is 14.4 Å². The summed E-state index contributed by atoms with van der Waals surface area (Å²) in [5, 5.41) is 3.14. The molecule has 0 aliphatic rings. The number of rotatable bonds is 17. The molecule has 0 amide bonds. The number of Topliss-reactive ketones (excluding diaryl/α,β-unsaturated/α-hetero) is 1. The Labute approximate surface area is 162 Å². The highest BCUT2D eigenvalue weighted by atomic mass is 32.2. The molecular weight excluding hydrogens is 354 g/mol. The summed E-state index contributed by atoms with van der Waals surface area (Å²) in [6.45, 7) is 6.90. The largest absolute Gasteiger partial charge is 0.466 e. The third-order valence-electron chi connectivity index (χ3n) is 3.68. The first-order valence-electron chi connectivity index (χ1n) is 9.70. The zero-order valence-electron chi connectivity index (χ0n) is 16.5. The topological polar surface area (TPSA) is 81.7 Å². The number of carbonyl (C=O) groups excluding carboxylic acids is 3. The SMILES string of the molecule is CCCCCC(=O)CCNC(CSCCCC(=O)OCC)C(=O)OCC. The van der Waals surface area contributed by atoms with Crippen molar-refractivity contribution in [3.05, 3.63) is 0 Å². The van der Waals surface area contributed by atoms with Crippen LogP contribution in [-0.4, -0.2) is 55.0 Å². The van der Waals surface area contributed by atoms with Crippen molar-refractivity contribution in [2.75, 3.05) is 31.3 Å². The van der Waals surface area contributed by atoms with E-state index in [1.165, 1.54) is 0 Å². The number of esters is 2. The molecule has 7 heteroatoms. The Morgan fingerprint density at radius 1 is 0.923 bits per heavy atom. The first-order valence-corrected chi connectivity index (χ1v) is 10.9. The molecule has 0 heterocycles. The second kappa shape index (κ2) is 17.3.